The molecule has 0 aliphatic carbocycles. The smallest absolute Gasteiger partial charge is 0.261 e. The molecule has 29 heavy (non-hydrogen) atoms. The Morgan fingerprint density at radius 2 is 1.76 bits per heavy atom. The largest absolute Gasteiger partial charge is 0.493 e. The lowest BCUT2D eigenvalue weighted by Crippen LogP contribution is -2.29. The van der Waals surface area contributed by atoms with E-state index >= 15 is 0 Å². The first-order valence-electron chi connectivity index (χ1n) is 8.74. The minimum atomic E-state index is -3.67. The molecule has 154 valence electrons. The fourth-order valence-electron chi connectivity index (χ4n) is 2.71. The van der Waals surface area contributed by atoms with Crippen LogP contribution in [0.2, 0.25) is 0 Å². The van der Waals surface area contributed by atoms with Gasteiger partial charge >= 0.3 is 0 Å². The molecule has 0 fully saturated rings. The van der Waals surface area contributed by atoms with Gasteiger partial charge in [-0.05, 0) is 36.2 Å². The van der Waals surface area contributed by atoms with Crippen molar-refractivity contribution < 1.29 is 17.9 Å². The number of thiazole rings is 1. The SMILES string of the molecule is COc1ccc(CCN(C)S(=O)(=O)c2csc(-c3ccc(Br)cc3)n2)cc1OC. The minimum Gasteiger partial charge on any atom is -0.493 e. The molecule has 1 aromatic heterocycles. The van der Waals surface area contributed by atoms with Crippen molar-refractivity contribution in [2.75, 3.05) is 27.8 Å². The Labute approximate surface area is 183 Å². The van der Waals surface area contributed by atoms with Crippen molar-refractivity contribution >= 4 is 37.3 Å². The number of hydrogen-bond donors (Lipinski definition) is 0. The molecule has 3 rings (SSSR count). The summed E-state index contributed by atoms with van der Waals surface area (Å²) in [5.74, 6) is 1.26. The van der Waals surface area contributed by atoms with E-state index in [0.29, 0.717) is 29.5 Å². The quantitative estimate of drug-likeness (QED) is 0.460. The molecule has 0 N–H and O–H groups in total. The second-order valence-electron chi connectivity index (χ2n) is 6.26. The van der Waals surface area contributed by atoms with Crippen LogP contribution in [0, 0.1) is 0 Å². The number of methoxy groups -OCH3 is 2. The summed E-state index contributed by atoms with van der Waals surface area (Å²) in [6.07, 6.45) is 0.541. The van der Waals surface area contributed by atoms with Gasteiger partial charge in [-0.2, -0.15) is 4.31 Å². The van der Waals surface area contributed by atoms with Crippen molar-refractivity contribution in [3.63, 3.8) is 0 Å². The zero-order valence-corrected chi connectivity index (χ0v) is 19.5. The maximum Gasteiger partial charge on any atom is 0.261 e. The summed E-state index contributed by atoms with van der Waals surface area (Å²) in [7, 11) is 1.05. The third kappa shape index (κ3) is 4.98. The predicted molar refractivity (Wildman–Crippen MR) is 118 cm³/mol. The fraction of sp³-hybridized carbons (Fsp3) is 0.250. The Morgan fingerprint density at radius 1 is 1.07 bits per heavy atom. The molecule has 0 atom stereocenters. The highest BCUT2D eigenvalue weighted by atomic mass is 79.9. The standard InChI is InChI=1S/C20H21BrN2O4S2/c1-23(11-10-14-4-9-17(26-2)18(12-14)27-3)29(24,25)19-13-28-20(22-19)15-5-7-16(21)8-6-15/h4-9,12-13H,10-11H2,1-3H3. The number of sulfonamides is 1. The molecular formula is C20H21BrN2O4S2. The van der Waals surface area contributed by atoms with Gasteiger partial charge in [0.05, 0.1) is 14.2 Å². The van der Waals surface area contributed by atoms with Crippen LogP contribution in [0.4, 0.5) is 0 Å². The first kappa shape index (κ1) is 21.8. The lowest BCUT2D eigenvalue weighted by Gasteiger charge is -2.16. The molecule has 0 amide bonds. The van der Waals surface area contributed by atoms with Crippen molar-refractivity contribution in [2.24, 2.45) is 0 Å². The van der Waals surface area contributed by atoms with Crippen molar-refractivity contribution in [2.45, 2.75) is 11.4 Å². The summed E-state index contributed by atoms with van der Waals surface area (Å²) in [4.78, 5) is 4.35. The van der Waals surface area contributed by atoms with E-state index in [2.05, 4.69) is 20.9 Å². The Hall–Kier alpha value is -1.94. The average Bonchev–Trinajstić information content (AvgIpc) is 3.23. The maximum atomic E-state index is 12.9. The number of ether oxygens (including phenoxy) is 2. The van der Waals surface area contributed by atoms with E-state index in [-0.39, 0.29) is 5.03 Å². The topological polar surface area (TPSA) is 68.7 Å². The maximum absolute atomic E-state index is 12.9. The van der Waals surface area contributed by atoms with E-state index in [0.717, 1.165) is 15.6 Å². The second-order valence-corrected chi connectivity index (χ2v) is 10.0. The third-order valence-electron chi connectivity index (χ3n) is 4.41. The monoisotopic (exact) mass is 496 g/mol. The summed E-state index contributed by atoms with van der Waals surface area (Å²) in [6.45, 7) is 0.322. The number of rotatable bonds is 8. The normalized spacial score (nSPS) is 11.6. The predicted octanol–water partition coefficient (Wildman–Crippen LogP) is 4.45. The van der Waals surface area contributed by atoms with Gasteiger partial charge in [-0.25, -0.2) is 13.4 Å². The van der Waals surface area contributed by atoms with Crippen LogP contribution in [0.15, 0.2) is 57.3 Å². The molecule has 3 aromatic rings. The van der Waals surface area contributed by atoms with Crippen LogP contribution in [-0.4, -0.2) is 45.5 Å². The van der Waals surface area contributed by atoms with Gasteiger partial charge in [0.2, 0.25) is 0 Å². The van der Waals surface area contributed by atoms with Crippen LogP contribution in [-0.2, 0) is 16.4 Å². The van der Waals surface area contributed by atoms with Crippen molar-refractivity contribution in [1.82, 2.24) is 9.29 Å². The highest BCUT2D eigenvalue weighted by Crippen LogP contribution is 2.29. The molecule has 0 bridgehead atoms. The van der Waals surface area contributed by atoms with Gasteiger partial charge in [0.15, 0.2) is 16.5 Å². The Kier molecular flexibility index (Phi) is 6.94. The van der Waals surface area contributed by atoms with E-state index in [1.165, 1.54) is 15.6 Å². The molecule has 0 aliphatic heterocycles. The van der Waals surface area contributed by atoms with Crippen molar-refractivity contribution in [3.8, 4) is 22.1 Å². The lowest BCUT2D eigenvalue weighted by molar-refractivity contribution is 0.354. The first-order chi connectivity index (χ1) is 13.8. The fourth-order valence-corrected chi connectivity index (χ4v) is 5.20. The molecule has 0 aliphatic rings. The zero-order valence-electron chi connectivity index (χ0n) is 16.3. The second kappa shape index (κ2) is 9.25. The van der Waals surface area contributed by atoms with Crippen LogP contribution < -0.4 is 9.47 Å². The Bertz CT molecular complexity index is 1080. The van der Waals surface area contributed by atoms with Gasteiger partial charge in [0, 0.05) is 29.0 Å². The number of hydrogen-bond acceptors (Lipinski definition) is 6. The van der Waals surface area contributed by atoms with Crippen LogP contribution in [0.25, 0.3) is 10.6 Å². The summed E-state index contributed by atoms with van der Waals surface area (Å²) < 4.78 is 38.6. The Balaban J connectivity index is 1.72. The van der Waals surface area contributed by atoms with Crippen molar-refractivity contribution in [1.29, 1.82) is 0 Å². The van der Waals surface area contributed by atoms with E-state index in [9.17, 15) is 8.42 Å². The van der Waals surface area contributed by atoms with Crippen molar-refractivity contribution in [3.05, 3.63) is 57.9 Å². The van der Waals surface area contributed by atoms with Gasteiger partial charge in [-0.3, -0.25) is 0 Å². The highest BCUT2D eigenvalue weighted by molar-refractivity contribution is 9.10. The summed E-state index contributed by atoms with van der Waals surface area (Å²) >= 11 is 4.71. The van der Waals surface area contributed by atoms with Crippen LogP contribution >= 0.6 is 27.3 Å². The first-order valence-corrected chi connectivity index (χ1v) is 11.8. The number of aromatic nitrogens is 1. The zero-order chi connectivity index (χ0) is 21.0. The molecule has 6 nitrogen and oxygen atoms in total. The van der Waals surface area contributed by atoms with Gasteiger partial charge < -0.3 is 9.47 Å². The summed E-state index contributed by atoms with van der Waals surface area (Å²) in [6, 6.07) is 13.2. The van der Waals surface area contributed by atoms with E-state index in [1.807, 2.05) is 42.5 Å². The molecule has 0 spiro atoms. The van der Waals surface area contributed by atoms with Crippen LogP contribution in [0.5, 0.6) is 11.5 Å². The average molecular weight is 497 g/mol. The van der Waals surface area contributed by atoms with E-state index < -0.39 is 10.0 Å². The molecule has 2 aromatic carbocycles. The van der Waals surface area contributed by atoms with Gasteiger partial charge in [0.25, 0.3) is 10.0 Å². The molecule has 1 heterocycles. The molecule has 0 radical (unpaired) electrons. The minimum absolute atomic E-state index is 0.0650. The third-order valence-corrected chi connectivity index (χ3v) is 7.72. The molecule has 0 unspecified atom stereocenters. The van der Waals surface area contributed by atoms with E-state index in [4.69, 9.17) is 9.47 Å². The number of likely N-dealkylation sites (N-methyl/N-ethyl adjacent to an activating group) is 1. The Morgan fingerprint density at radius 3 is 2.41 bits per heavy atom. The number of benzene rings is 2. The van der Waals surface area contributed by atoms with Gasteiger partial charge in [-0.15, -0.1) is 11.3 Å². The number of halogens is 1. The lowest BCUT2D eigenvalue weighted by atomic mass is 10.1. The summed E-state index contributed by atoms with van der Waals surface area (Å²) in [5, 5.41) is 2.32. The molecule has 0 saturated carbocycles. The molecule has 9 heteroatoms. The van der Waals surface area contributed by atoms with Gasteiger partial charge in [0.1, 0.15) is 5.01 Å². The van der Waals surface area contributed by atoms with Crippen LogP contribution in [0.3, 0.4) is 0 Å². The van der Waals surface area contributed by atoms with E-state index in [1.54, 1.807) is 26.6 Å². The van der Waals surface area contributed by atoms with Gasteiger partial charge in [-0.1, -0.05) is 34.1 Å². The summed E-state index contributed by atoms with van der Waals surface area (Å²) in [5.41, 5.74) is 1.84. The molecular weight excluding hydrogens is 476 g/mol. The molecule has 0 saturated heterocycles. The van der Waals surface area contributed by atoms with Crippen LogP contribution in [0.1, 0.15) is 5.56 Å². The highest BCUT2D eigenvalue weighted by Gasteiger charge is 2.24. The number of nitrogens with zero attached hydrogens (tertiary/aromatic N) is 2.